The Balaban J connectivity index is 1.73. The number of ether oxygens (including phenoxy) is 1. The molecule has 0 N–H and O–H groups in total. The minimum atomic E-state index is -3.14. The average Bonchev–Trinajstić information content (AvgIpc) is 2.85. The second kappa shape index (κ2) is 5.04. The molecule has 3 rings (SSSR count). The summed E-state index contributed by atoms with van der Waals surface area (Å²) in [4.78, 5) is 0.490. The number of hydrogen-bond donors (Lipinski definition) is 0. The van der Waals surface area contributed by atoms with Crippen LogP contribution in [-0.2, 0) is 14.8 Å². The second-order valence-corrected chi connectivity index (χ2v) is 8.91. The third kappa shape index (κ3) is 2.49. The summed E-state index contributed by atoms with van der Waals surface area (Å²) in [7, 11) is -3.14. The molecule has 3 heterocycles. The Morgan fingerprint density at radius 2 is 1.83 bits per heavy atom. The van der Waals surface area contributed by atoms with Gasteiger partial charge in [0, 0.05) is 23.5 Å². The third-order valence-electron chi connectivity index (χ3n) is 4.35. The van der Waals surface area contributed by atoms with Gasteiger partial charge in [0.1, 0.15) is 0 Å². The fraction of sp³-hybridized carbons (Fsp3) is 1.00. The van der Waals surface area contributed by atoms with E-state index in [0.717, 1.165) is 45.1 Å². The van der Waals surface area contributed by atoms with Gasteiger partial charge < -0.3 is 4.74 Å². The maximum atomic E-state index is 12.5. The number of piperidine rings is 1. The molecular weight excluding hydrogens is 318 g/mol. The first kappa shape index (κ1) is 13.3. The van der Waals surface area contributed by atoms with Crippen LogP contribution in [0.1, 0.15) is 38.5 Å². The molecule has 3 fully saturated rings. The molecule has 0 amide bonds. The average molecular weight is 338 g/mol. The smallest absolute Gasteiger partial charge is 0.217 e. The van der Waals surface area contributed by atoms with Gasteiger partial charge in [-0.1, -0.05) is 15.9 Å². The summed E-state index contributed by atoms with van der Waals surface area (Å²) >= 11 is 3.65. The van der Waals surface area contributed by atoms with E-state index in [2.05, 4.69) is 15.9 Å². The molecule has 3 atom stereocenters. The van der Waals surface area contributed by atoms with Crippen molar-refractivity contribution < 1.29 is 13.2 Å². The predicted octanol–water partition coefficient (Wildman–Crippen LogP) is 1.89. The Hall–Kier alpha value is 0.350. The number of alkyl halides is 1. The zero-order chi connectivity index (χ0) is 12.8. The van der Waals surface area contributed by atoms with Gasteiger partial charge in [-0.05, 0) is 38.5 Å². The number of halogens is 1. The third-order valence-corrected chi connectivity index (χ3v) is 7.13. The highest BCUT2D eigenvalue weighted by molar-refractivity contribution is 9.09. The monoisotopic (exact) mass is 337 g/mol. The maximum absolute atomic E-state index is 12.5. The Bertz CT molecular complexity index is 394. The van der Waals surface area contributed by atoms with Gasteiger partial charge in [-0.25, -0.2) is 8.42 Å². The van der Waals surface area contributed by atoms with E-state index in [1.54, 1.807) is 0 Å². The normalized spacial score (nSPS) is 41.4. The highest BCUT2D eigenvalue weighted by Crippen LogP contribution is 2.40. The summed E-state index contributed by atoms with van der Waals surface area (Å²) in [5, 5.41) is 0. The van der Waals surface area contributed by atoms with E-state index >= 15 is 0 Å². The zero-order valence-corrected chi connectivity index (χ0v) is 12.8. The first-order valence-corrected chi connectivity index (χ1v) is 9.35. The van der Waals surface area contributed by atoms with Gasteiger partial charge in [-0.15, -0.1) is 0 Å². The van der Waals surface area contributed by atoms with Crippen molar-refractivity contribution in [2.24, 2.45) is 0 Å². The van der Waals surface area contributed by atoms with Crippen molar-refractivity contribution in [3.63, 3.8) is 0 Å². The molecule has 0 aromatic rings. The van der Waals surface area contributed by atoms with Crippen molar-refractivity contribution in [1.82, 2.24) is 4.31 Å². The van der Waals surface area contributed by atoms with Gasteiger partial charge >= 0.3 is 0 Å². The van der Waals surface area contributed by atoms with E-state index in [-0.39, 0.29) is 23.9 Å². The topological polar surface area (TPSA) is 46.6 Å². The van der Waals surface area contributed by atoms with Crippen LogP contribution < -0.4 is 0 Å². The van der Waals surface area contributed by atoms with E-state index in [1.807, 2.05) is 4.31 Å². The van der Waals surface area contributed by atoms with Crippen molar-refractivity contribution in [2.45, 2.75) is 61.5 Å². The van der Waals surface area contributed by atoms with E-state index in [4.69, 9.17) is 4.74 Å². The Labute approximate surface area is 117 Å². The molecule has 2 bridgehead atoms. The van der Waals surface area contributed by atoms with Crippen LogP contribution in [-0.4, -0.2) is 48.1 Å². The second-order valence-electron chi connectivity index (χ2n) is 5.70. The van der Waals surface area contributed by atoms with Crippen molar-refractivity contribution in [2.75, 3.05) is 12.4 Å². The van der Waals surface area contributed by atoms with Crippen LogP contribution in [0, 0.1) is 0 Å². The fourth-order valence-electron chi connectivity index (χ4n) is 3.62. The number of fused-ring (bicyclic) bond motifs is 2. The lowest BCUT2D eigenvalue weighted by Crippen LogP contribution is -2.48. The highest BCUT2D eigenvalue weighted by Gasteiger charge is 2.46. The SMILES string of the molecule is O=S(=O)(CC1CCCO1)N1C2CCC1CC(Br)C2. The molecular formula is C12H20BrNO3S. The van der Waals surface area contributed by atoms with Crippen molar-refractivity contribution in [3.8, 4) is 0 Å². The first-order chi connectivity index (χ1) is 8.56. The molecule has 3 saturated heterocycles. The lowest BCUT2D eigenvalue weighted by molar-refractivity contribution is 0.125. The summed E-state index contributed by atoms with van der Waals surface area (Å²) in [6.45, 7) is 0.719. The van der Waals surface area contributed by atoms with Crippen LogP contribution in [0.4, 0.5) is 0 Å². The Kier molecular flexibility index (Phi) is 3.73. The Morgan fingerprint density at radius 1 is 1.17 bits per heavy atom. The number of rotatable bonds is 3. The first-order valence-electron chi connectivity index (χ1n) is 6.83. The maximum Gasteiger partial charge on any atom is 0.217 e. The van der Waals surface area contributed by atoms with Gasteiger partial charge in [-0.3, -0.25) is 0 Å². The van der Waals surface area contributed by atoms with Crippen LogP contribution in [0.25, 0.3) is 0 Å². The molecule has 0 radical (unpaired) electrons. The lowest BCUT2D eigenvalue weighted by Gasteiger charge is -2.36. The van der Waals surface area contributed by atoms with Crippen LogP contribution in [0.3, 0.4) is 0 Å². The molecule has 0 aromatic carbocycles. The van der Waals surface area contributed by atoms with Crippen LogP contribution in [0.5, 0.6) is 0 Å². The quantitative estimate of drug-likeness (QED) is 0.739. The molecule has 0 aliphatic carbocycles. The van der Waals surface area contributed by atoms with Crippen LogP contribution in [0.15, 0.2) is 0 Å². The molecule has 3 aliphatic heterocycles. The molecule has 0 saturated carbocycles. The highest BCUT2D eigenvalue weighted by atomic mass is 79.9. The van der Waals surface area contributed by atoms with Crippen LogP contribution >= 0.6 is 15.9 Å². The van der Waals surface area contributed by atoms with E-state index in [0.29, 0.717) is 4.83 Å². The molecule has 6 heteroatoms. The number of hydrogen-bond acceptors (Lipinski definition) is 3. The fourth-order valence-corrected chi connectivity index (χ4v) is 6.68. The molecule has 3 unspecified atom stereocenters. The van der Waals surface area contributed by atoms with Crippen LogP contribution in [0.2, 0.25) is 0 Å². The Morgan fingerprint density at radius 3 is 2.39 bits per heavy atom. The lowest BCUT2D eigenvalue weighted by atomic mass is 10.1. The van der Waals surface area contributed by atoms with E-state index in [9.17, 15) is 8.42 Å². The van der Waals surface area contributed by atoms with Gasteiger partial charge in [0.05, 0.1) is 11.9 Å². The summed E-state index contributed by atoms with van der Waals surface area (Å²) in [6, 6.07) is 0.444. The van der Waals surface area contributed by atoms with E-state index < -0.39 is 10.0 Å². The largest absolute Gasteiger partial charge is 0.377 e. The van der Waals surface area contributed by atoms with Crippen molar-refractivity contribution in [3.05, 3.63) is 0 Å². The summed E-state index contributed by atoms with van der Waals surface area (Å²) in [5.41, 5.74) is 0. The van der Waals surface area contributed by atoms with Gasteiger partial charge in [0.2, 0.25) is 10.0 Å². The molecule has 104 valence electrons. The van der Waals surface area contributed by atoms with E-state index in [1.165, 1.54) is 0 Å². The zero-order valence-electron chi connectivity index (χ0n) is 10.4. The molecule has 0 spiro atoms. The molecule has 0 aromatic heterocycles. The minimum Gasteiger partial charge on any atom is -0.377 e. The molecule has 3 aliphatic rings. The summed E-state index contributed by atoms with van der Waals surface area (Å²) < 4.78 is 32.4. The molecule has 18 heavy (non-hydrogen) atoms. The van der Waals surface area contributed by atoms with Gasteiger partial charge in [-0.2, -0.15) is 4.31 Å². The summed E-state index contributed by atoms with van der Waals surface area (Å²) in [5.74, 6) is 0.187. The number of sulfonamides is 1. The van der Waals surface area contributed by atoms with Crippen molar-refractivity contribution in [1.29, 1.82) is 0 Å². The van der Waals surface area contributed by atoms with Gasteiger partial charge in [0.25, 0.3) is 0 Å². The predicted molar refractivity (Wildman–Crippen MR) is 73.4 cm³/mol. The molecule has 4 nitrogen and oxygen atoms in total. The summed E-state index contributed by atoms with van der Waals surface area (Å²) in [6.07, 6.45) is 5.79. The minimum absolute atomic E-state index is 0.0731. The standard InChI is InChI=1S/C12H20BrNO3S/c13-9-6-10-3-4-11(7-9)14(10)18(15,16)8-12-2-1-5-17-12/h9-12H,1-8H2. The van der Waals surface area contributed by atoms with Gasteiger partial charge in [0.15, 0.2) is 0 Å². The number of nitrogens with zero attached hydrogens (tertiary/aromatic N) is 1. The van der Waals surface area contributed by atoms with Crippen molar-refractivity contribution >= 4 is 26.0 Å².